The Morgan fingerprint density at radius 2 is 2.24 bits per heavy atom. The molecule has 1 aromatic heterocycles. The van der Waals surface area contributed by atoms with Gasteiger partial charge in [-0.1, -0.05) is 0 Å². The van der Waals surface area contributed by atoms with Gasteiger partial charge in [0.25, 0.3) is 0 Å². The van der Waals surface area contributed by atoms with Crippen LogP contribution in [0.4, 0.5) is 4.79 Å². The van der Waals surface area contributed by atoms with Crippen molar-refractivity contribution in [2.75, 3.05) is 13.1 Å². The zero-order chi connectivity index (χ0) is 15.5. The fourth-order valence-electron chi connectivity index (χ4n) is 2.42. The monoisotopic (exact) mass is 295 g/mol. The Morgan fingerprint density at radius 1 is 1.48 bits per heavy atom. The van der Waals surface area contributed by atoms with Crippen molar-refractivity contribution < 1.29 is 18.7 Å². The lowest BCUT2D eigenvalue weighted by Crippen LogP contribution is -2.45. The van der Waals surface area contributed by atoms with Gasteiger partial charge in [0.15, 0.2) is 0 Å². The second-order valence-corrected chi connectivity index (χ2v) is 6.48. The largest absolute Gasteiger partial charge is 0.467 e. The van der Waals surface area contributed by atoms with E-state index >= 15 is 0 Å². The topological polar surface area (TPSA) is 51.9 Å². The third-order valence-corrected chi connectivity index (χ3v) is 3.37. The first-order chi connectivity index (χ1) is 9.85. The van der Waals surface area contributed by atoms with Crippen LogP contribution in [0.2, 0.25) is 0 Å². The summed E-state index contributed by atoms with van der Waals surface area (Å²) in [4.78, 5) is 13.8. The van der Waals surface area contributed by atoms with E-state index in [2.05, 4.69) is 0 Å². The molecule has 21 heavy (non-hydrogen) atoms. The lowest BCUT2D eigenvalue weighted by molar-refractivity contribution is -0.0544. The number of rotatable bonds is 3. The van der Waals surface area contributed by atoms with Gasteiger partial charge >= 0.3 is 6.09 Å². The second-order valence-electron chi connectivity index (χ2n) is 6.48. The summed E-state index contributed by atoms with van der Waals surface area (Å²) in [6.07, 6.45) is 3.17. The molecule has 5 heteroatoms. The molecule has 2 heterocycles. The van der Waals surface area contributed by atoms with E-state index in [4.69, 9.17) is 13.9 Å². The number of hydrogen-bond donors (Lipinski definition) is 0. The lowest BCUT2D eigenvalue weighted by atomic mass is 10.1. The molecule has 1 aromatic rings. The highest BCUT2D eigenvalue weighted by molar-refractivity contribution is 5.68. The van der Waals surface area contributed by atoms with Crippen molar-refractivity contribution in [2.45, 2.75) is 58.3 Å². The first kappa shape index (κ1) is 15.9. The van der Waals surface area contributed by atoms with Gasteiger partial charge in [-0.2, -0.15) is 0 Å². The van der Waals surface area contributed by atoms with E-state index < -0.39 is 5.60 Å². The molecule has 1 amide bonds. The maximum atomic E-state index is 12.1. The highest BCUT2D eigenvalue weighted by atomic mass is 16.6. The number of ether oxygens (including phenoxy) is 2. The number of nitrogens with zero attached hydrogens (tertiary/aromatic N) is 1. The first-order valence-electron chi connectivity index (χ1n) is 7.52. The minimum absolute atomic E-state index is 0.0198. The molecule has 0 radical (unpaired) electrons. The quantitative estimate of drug-likeness (QED) is 0.852. The van der Waals surface area contributed by atoms with Crippen molar-refractivity contribution in [3.63, 3.8) is 0 Å². The average molecular weight is 295 g/mol. The Balaban J connectivity index is 1.87. The molecule has 1 fully saturated rings. The van der Waals surface area contributed by atoms with E-state index in [1.165, 1.54) is 0 Å². The Hall–Kier alpha value is -1.49. The van der Waals surface area contributed by atoms with Crippen molar-refractivity contribution in [1.29, 1.82) is 0 Å². The fourth-order valence-corrected chi connectivity index (χ4v) is 2.42. The number of carbonyl (C=O) groups is 1. The second kappa shape index (κ2) is 6.52. The number of piperidine rings is 1. The van der Waals surface area contributed by atoms with E-state index in [1.807, 2.05) is 39.8 Å². The molecule has 118 valence electrons. The summed E-state index contributed by atoms with van der Waals surface area (Å²) in [5.41, 5.74) is -0.466. The zero-order valence-corrected chi connectivity index (χ0v) is 13.3. The summed E-state index contributed by atoms with van der Waals surface area (Å²) in [6.45, 7) is 8.89. The van der Waals surface area contributed by atoms with Gasteiger partial charge in [0.2, 0.25) is 0 Å². The maximum absolute atomic E-state index is 12.1. The van der Waals surface area contributed by atoms with E-state index in [0.717, 1.165) is 25.1 Å². The molecule has 0 unspecified atom stereocenters. The van der Waals surface area contributed by atoms with Crippen LogP contribution in [0.3, 0.4) is 0 Å². The minimum atomic E-state index is -0.466. The van der Waals surface area contributed by atoms with Crippen LogP contribution in [0.1, 0.15) is 52.4 Å². The molecule has 1 saturated heterocycles. The zero-order valence-electron chi connectivity index (χ0n) is 13.3. The fraction of sp³-hybridized carbons (Fsp3) is 0.688. The van der Waals surface area contributed by atoms with Crippen molar-refractivity contribution >= 4 is 6.09 Å². The molecular weight excluding hydrogens is 270 g/mol. The van der Waals surface area contributed by atoms with Crippen molar-refractivity contribution in [3.8, 4) is 0 Å². The third kappa shape index (κ3) is 4.77. The van der Waals surface area contributed by atoms with Crippen LogP contribution in [-0.2, 0) is 9.47 Å². The standard InChI is InChI=1S/C16H25NO4/c1-12(14-8-6-10-19-14)20-13-7-5-9-17(11-13)15(18)21-16(2,3)4/h6,8,10,12-13H,5,7,9,11H2,1-4H3/t12-,13+/m1/s1. The van der Waals surface area contributed by atoms with Gasteiger partial charge in [0.1, 0.15) is 17.5 Å². The number of furan rings is 1. The molecule has 0 aromatic carbocycles. The summed E-state index contributed by atoms with van der Waals surface area (Å²) in [7, 11) is 0. The molecule has 0 saturated carbocycles. The molecule has 2 rings (SSSR count). The van der Waals surface area contributed by atoms with E-state index in [9.17, 15) is 4.79 Å². The first-order valence-corrected chi connectivity index (χ1v) is 7.52. The predicted octanol–water partition coefficient (Wildman–Crippen LogP) is 3.76. The lowest BCUT2D eigenvalue weighted by Gasteiger charge is -2.34. The van der Waals surface area contributed by atoms with E-state index in [0.29, 0.717) is 6.54 Å². The molecule has 0 spiro atoms. The van der Waals surface area contributed by atoms with Gasteiger partial charge in [-0.3, -0.25) is 0 Å². The summed E-state index contributed by atoms with van der Waals surface area (Å²) < 4.78 is 16.8. The van der Waals surface area contributed by atoms with E-state index in [1.54, 1.807) is 11.2 Å². The van der Waals surface area contributed by atoms with Gasteiger partial charge in [-0.25, -0.2) is 4.79 Å². The van der Waals surface area contributed by atoms with Crippen molar-refractivity contribution in [1.82, 2.24) is 4.90 Å². The normalized spacial score (nSPS) is 21.1. The highest BCUT2D eigenvalue weighted by Gasteiger charge is 2.29. The average Bonchev–Trinajstić information content (AvgIpc) is 2.91. The van der Waals surface area contributed by atoms with Crippen LogP contribution in [0.5, 0.6) is 0 Å². The minimum Gasteiger partial charge on any atom is -0.467 e. The molecule has 5 nitrogen and oxygen atoms in total. The molecule has 2 atom stereocenters. The van der Waals surface area contributed by atoms with Crippen molar-refractivity contribution in [2.24, 2.45) is 0 Å². The molecule has 1 aliphatic heterocycles. The van der Waals surface area contributed by atoms with Crippen LogP contribution < -0.4 is 0 Å². The SMILES string of the molecule is C[C@@H](O[C@H]1CCCN(C(=O)OC(C)(C)C)C1)c1ccco1. The van der Waals surface area contributed by atoms with Gasteiger partial charge in [-0.15, -0.1) is 0 Å². The summed E-state index contributed by atoms with van der Waals surface area (Å²) >= 11 is 0. The van der Waals surface area contributed by atoms with Crippen LogP contribution in [0.25, 0.3) is 0 Å². The molecule has 0 bridgehead atoms. The number of carbonyl (C=O) groups excluding carboxylic acids is 1. The molecular formula is C16H25NO4. The third-order valence-electron chi connectivity index (χ3n) is 3.37. The van der Waals surface area contributed by atoms with E-state index in [-0.39, 0.29) is 18.3 Å². The van der Waals surface area contributed by atoms with Gasteiger partial charge in [0, 0.05) is 6.54 Å². The van der Waals surface area contributed by atoms with Gasteiger partial charge in [-0.05, 0) is 52.7 Å². The summed E-state index contributed by atoms with van der Waals surface area (Å²) in [5, 5.41) is 0. The number of amides is 1. The predicted molar refractivity (Wildman–Crippen MR) is 79.0 cm³/mol. The smallest absolute Gasteiger partial charge is 0.410 e. The summed E-state index contributed by atoms with van der Waals surface area (Å²) in [6, 6.07) is 3.75. The van der Waals surface area contributed by atoms with Gasteiger partial charge in [0.05, 0.1) is 18.9 Å². The van der Waals surface area contributed by atoms with Crippen LogP contribution in [0, 0.1) is 0 Å². The molecule has 0 aliphatic carbocycles. The molecule has 1 aliphatic rings. The Morgan fingerprint density at radius 3 is 2.86 bits per heavy atom. The molecule has 0 N–H and O–H groups in total. The Kier molecular flexibility index (Phi) is 4.93. The van der Waals surface area contributed by atoms with Crippen LogP contribution in [-0.4, -0.2) is 35.8 Å². The van der Waals surface area contributed by atoms with Crippen LogP contribution >= 0.6 is 0 Å². The van der Waals surface area contributed by atoms with Crippen LogP contribution in [0.15, 0.2) is 22.8 Å². The highest BCUT2D eigenvalue weighted by Crippen LogP contribution is 2.24. The Labute approximate surface area is 126 Å². The number of hydrogen-bond acceptors (Lipinski definition) is 4. The summed E-state index contributed by atoms with van der Waals surface area (Å²) in [5.74, 6) is 0.810. The maximum Gasteiger partial charge on any atom is 0.410 e. The number of likely N-dealkylation sites (tertiary alicyclic amines) is 1. The van der Waals surface area contributed by atoms with Crippen molar-refractivity contribution in [3.05, 3.63) is 24.2 Å². The van der Waals surface area contributed by atoms with Gasteiger partial charge < -0.3 is 18.8 Å². The Bertz CT molecular complexity index is 449.